The Morgan fingerprint density at radius 1 is 0.909 bits per heavy atom. The first-order chi connectivity index (χ1) is 10.9. The van der Waals surface area contributed by atoms with E-state index in [1.165, 1.54) is 0 Å². The molecule has 0 spiro atoms. The average Bonchev–Trinajstić information content (AvgIpc) is 3.09. The van der Waals surface area contributed by atoms with E-state index in [1.54, 1.807) is 6.26 Å². The van der Waals surface area contributed by atoms with Gasteiger partial charge in [0.25, 0.3) is 0 Å². The Bertz CT molecular complexity index is 443. The van der Waals surface area contributed by atoms with E-state index in [4.69, 9.17) is 14.0 Å². The molecule has 4 nitrogen and oxygen atoms in total. The Hall–Kier alpha value is -1.81. The topological polar surface area (TPSA) is 44.5 Å². The SMILES string of the molecule is CC.c1ccc(OCCCCCOCCc2ccon2)cc1. The predicted octanol–water partition coefficient (Wildman–Crippen LogP) is 4.51. The fourth-order valence-corrected chi connectivity index (χ4v) is 1.84. The molecule has 0 saturated carbocycles. The molecule has 1 aromatic carbocycles. The molecule has 0 aliphatic carbocycles. The van der Waals surface area contributed by atoms with Crippen LogP contribution in [-0.2, 0) is 11.2 Å². The van der Waals surface area contributed by atoms with Crippen molar-refractivity contribution >= 4 is 0 Å². The second-order valence-electron chi connectivity index (χ2n) is 4.58. The highest BCUT2D eigenvalue weighted by Crippen LogP contribution is 2.09. The Morgan fingerprint density at radius 3 is 2.41 bits per heavy atom. The van der Waals surface area contributed by atoms with Crippen molar-refractivity contribution < 1.29 is 14.0 Å². The molecule has 22 heavy (non-hydrogen) atoms. The summed E-state index contributed by atoms with van der Waals surface area (Å²) in [6.07, 6.45) is 5.64. The quantitative estimate of drug-likeness (QED) is 0.606. The molecule has 4 heteroatoms. The first kappa shape index (κ1) is 18.2. The number of aromatic nitrogens is 1. The summed E-state index contributed by atoms with van der Waals surface area (Å²) in [4.78, 5) is 0. The molecule has 2 aromatic rings. The van der Waals surface area contributed by atoms with Crippen LogP contribution in [0.25, 0.3) is 0 Å². The molecule has 0 aliphatic rings. The largest absolute Gasteiger partial charge is 0.494 e. The average molecular weight is 305 g/mol. The zero-order valence-corrected chi connectivity index (χ0v) is 13.7. The van der Waals surface area contributed by atoms with Crippen molar-refractivity contribution in [1.29, 1.82) is 0 Å². The molecular formula is C18H27NO3. The normalized spacial score (nSPS) is 9.91. The van der Waals surface area contributed by atoms with Gasteiger partial charge in [-0.1, -0.05) is 37.2 Å². The highest BCUT2D eigenvalue weighted by atomic mass is 16.5. The molecular weight excluding hydrogens is 278 g/mol. The highest BCUT2D eigenvalue weighted by Gasteiger charge is 1.97. The van der Waals surface area contributed by atoms with E-state index in [0.29, 0.717) is 6.61 Å². The molecule has 0 radical (unpaired) electrons. The standard InChI is InChI=1S/C16H21NO3.C2H6/c1-3-7-16(8-4-1)19-12-6-2-5-11-18-13-9-15-10-14-20-17-15;1-2/h1,3-4,7-8,10,14H,2,5-6,9,11-13H2;1-2H3. The van der Waals surface area contributed by atoms with Crippen LogP contribution in [0.2, 0.25) is 0 Å². The number of hydrogen-bond acceptors (Lipinski definition) is 4. The number of unbranched alkanes of at least 4 members (excludes halogenated alkanes) is 2. The second-order valence-corrected chi connectivity index (χ2v) is 4.58. The molecule has 122 valence electrons. The summed E-state index contributed by atoms with van der Waals surface area (Å²) in [5, 5.41) is 3.83. The summed E-state index contributed by atoms with van der Waals surface area (Å²) >= 11 is 0. The molecule has 0 amide bonds. The van der Waals surface area contributed by atoms with E-state index in [9.17, 15) is 0 Å². The third-order valence-corrected chi connectivity index (χ3v) is 2.94. The van der Waals surface area contributed by atoms with Crippen LogP contribution in [-0.4, -0.2) is 25.0 Å². The van der Waals surface area contributed by atoms with Crippen molar-refractivity contribution in [3.8, 4) is 5.75 Å². The number of nitrogens with zero attached hydrogens (tertiary/aromatic N) is 1. The lowest BCUT2D eigenvalue weighted by Crippen LogP contribution is -2.02. The fraction of sp³-hybridized carbons (Fsp3) is 0.500. The summed E-state index contributed by atoms with van der Waals surface area (Å²) in [7, 11) is 0. The maximum atomic E-state index is 5.62. The first-order valence-electron chi connectivity index (χ1n) is 8.10. The number of para-hydroxylation sites is 1. The molecule has 0 fully saturated rings. The van der Waals surface area contributed by atoms with Gasteiger partial charge in [-0.2, -0.15) is 0 Å². The number of rotatable bonds is 10. The van der Waals surface area contributed by atoms with E-state index < -0.39 is 0 Å². The van der Waals surface area contributed by atoms with Crippen LogP contribution >= 0.6 is 0 Å². The number of ether oxygens (including phenoxy) is 2. The van der Waals surface area contributed by atoms with Gasteiger partial charge in [-0.3, -0.25) is 0 Å². The Morgan fingerprint density at radius 2 is 1.68 bits per heavy atom. The van der Waals surface area contributed by atoms with Crippen molar-refractivity contribution in [3.63, 3.8) is 0 Å². The van der Waals surface area contributed by atoms with Crippen molar-refractivity contribution in [2.24, 2.45) is 0 Å². The lowest BCUT2D eigenvalue weighted by atomic mass is 10.2. The van der Waals surface area contributed by atoms with E-state index in [0.717, 1.165) is 50.3 Å². The molecule has 0 atom stereocenters. The molecule has 1 aromatic heterocycles. The van der Waals surface area contributed by atoms with Crippen LogP contribution in [0.5, 0.6) is 5.75 Å². The number of benzene rings is 1. The smallest absolute Gasteiger partial charge is 0.124 e. The van der Waals surface area contributed by atoms with Gasteiger partial charge in [0.15, 0.2) is 0 Å². The van der Waals surface area contributed by atoms with Crippen molar-refractivity contribution in [1.82, 2.24) is 5.16 Å². The minimum absolute atomic E-state index is 0.701. The second kappa shape index (κ2) is 12.9. The van der Waals surface area contributed by atoms with E-state index in [2.05, 4.69) is 5.16 Å². The molecule has 2 rings (SSSR count). The Balaban J connectivity index is 0.00000116. The molecule has 0 aliphatic heterocycles. The summed E-state index contributed by atoms with van der Waals surface area (Å²) in [5.41, 5.74) is 0.946. The highest BCUT2D eigenvalue weighted by molar-refractivity contribution is 5.20. The third-order valence-electron chi connectivity index (χ3n) is 2.94. The zero-order chi connectivity index (χ0) is 15.9. The van der Waals surface area contributed by atoms with Crippen LogP contribution in [0, 0.1) is 0 Å². The van der Waals surface area contributed by atoms with Gasteiger partial charge in [0.05, 0.1) is 18.9 Å². The summed E-state index contributed by atoms with van der Waals surface area (Å²) in [6, 6.07) is 11.8. The molecule has 1 heterocycles. The van der Waals surface area contributed by atoms with Crippen LogP contribution < -0.4 is 4.74 Å². The summed E-state index contributed by atoms with van der Waals surface area (Å²) in [5.74, 6) is 0.941. The Kier molecular flexibility index (Phi) is 10.7. The molecule has 0 saturated heterocycles. The van der Waals surface area contributed by atoms with Crippen LogP contribution in [0.4, 0.5) is 0 Å². The maximum absolute atomic E-state index is 5.62. The van der Waals surface area contributed by atoms with Gasteiger partial charge in [0.1, 0.15) is 12.0 Å². The third kappa shape index (κ3) is 8.47. The first-order valence-corrected chi connectivity index (χ1v) is 8.10. The van der Waals surface area contributed by atoms with E-state index in [-0.39, 0.29) is 0 Å². The maximum Gasteiger partial charge on any atom is 0.124 e. The van der Waals surface area contributed by atoms with Crippen LogP contribution in [0.1, 0.15) is 38.8 Å². The van der Waals surface area contributed by atoms with E-state index >= 15 is 0 Å². The van der Waals surface area contributed by atoms with Crippen LogP contribution in [0.15, 0.2) is 47.2 Å². The molecule has 0 N–H and O–H groups in total. The van der Waals surface area contributed by atoms with Crippen molar-refractivity contribution in [2.45, 2.75) is 39.5 Å². The van der Waals surface area contributed by atoms with Gasteiger partial charge < -0.3 is 14.0 Å². The van der Waals surface area contributed by atoms with Crippen molar-refractivity contribution in [2.75, 3.05) is 19.8 Å². The van der Waals surface area contributed by atoms with Gasteiger partial charge >= 0.3 is 0 Å². The molecule has 0 bridgehead atoms. The number of hydrogen-bond donors (Lipinski definition) is 0. The van der Waals surface area contributed by atoms with Crippen molar-refractivity contribution in [3.05, 3.63) is 48.4 Å². The Labute approximate surface area is 133 Å². The van der Waals surface area contributed by atoms with Gasteiger partial charge in [-0.05, 0) is 31.4 Å². The van der Waals surface area contributed by atoms with Gasteiger partial charge in [0.2, 0.25) is 0 Å². The van der Waals surface area contributed by atoms with Gasteiger partial charge in [-0.15, -0.1) is 0 Å². The van der Waals surface area contributed by atoms with E-state index in [1.807, 2.05) is 50.2 Å². The summed E-state index contributed by atoms with van der Waals surface area (Å²) < 4.78 is 15.9. The predicted molar refractivity (Wildman–Crippen MR) is 88.2 cm³/mol. The zero-order valence-electron chi connectivity index (χ0n) is 13.7. The fourth-order valence-electron chi connectivity index (χ4n) is 1.84. The van der Waals surface area contributed by atoms with Crippen LogP contribution in [0.3, 0.4) is 0 Å². The lowest BCUT2D eigenvalue weighted by molar-refractivity contribution is 0.130. The monoisotopic (exact) mass is 305 g/mol. The molecule has 0 unspecified atom stereocenters. The van der Waals surface area contributed by atoms with Gasteiger partial charge in [-0.25, -0.2) is 0 Å². The lowest BCUT2D eigenvalue weighted by Gasteiger charge is -2.06. The minimum atomic E-state index is 0.701. The minimum Gasteiger partial charge on any atom is -0.494 e. The van der Waals surface area contributed by atoms with Gasteiger partial charge in [0, 0.05) is 19.1 Å². The summed E-state index contributed by atoms with van der Waals surface area (Å²) in [6.45, 7) is 6.26.